The molecule has 1 unspecified atom stereocenters. The van der Waals surface area contributed by atoms with Crippen molar-refractivity contribution in [1.29, 1.82) is 0 Å². The van der Waals surface area contributed by atoms with Gasteiger partial charge in [-0.2, -0.15) is 0 Å². The maximum Gasteiger partial charge on any atom is 0.0644 e. The molecule has 0 saturated heterocycles. The van der Waals surface area contributed by atoms with E-state index in [4.69, 9.17) is 11.6 Å². The highest BCUT2D eigenvalue weighted by Gasteiger charge is 2.26. The topological polar surface area (TPSA) is 0 Å². The van der Waals surface area contributed by atoms with Gasteiger partial charge in [-0.15, -0.1) is 11.6 Å². The van der Waals surface area contributed by atoms with Crippen molar-refractivity contribution in [3.63, 3.8) is 0 Å². The first kappa shape index (κ1) is 13.5. The molecule has 0 saturated carbocycles. The Hall–Kier alpha value is 0.470. The van der Waals surface area contributed by atoms with Gasteiger partial charge in [0.25, 0.3) is 0 Å². The lowest BCUT2D eigenvalue weighted by Gasteiger charge is -2.26. The summed E-state index contributed by atoms with van der Waals surface area (Å²) < 4.78 is 2.19. The van der Waals surface area contributed by atoms with E-state index in [0.29, 0.717) is 0 Å². The third-order valence-corrected chi connectivity index (χ3v) is 4.74. The fraction of sp³-hybridized carbons (Fsp3) is 0.500. The number of halogens is 3. The highest BCUT2D eigenvalue weighted by atomic mass is 79.9. The van der Waals surface area contributed by atoms with E-state index in [1.807, 2.05) is 0 Å². The van der Waals surface area contributed by atoms with Crippen LogP contribution in [-0.2, 0) is 0 Å². The number of hydrogen-bond donors (Lipinski definition) is 0. The molecule has 0 aliphatic rings. The van der Waals surface area contributed by atoms with Crippen LogP contribution in [0.25, 0.3) is 0 Å². The van der Waals surface area contributed by atoms with Gasteiger partial charge in [-0.3, -0.25) is 0 Å². The van der Waals surface area contributed by atoms with E-state index >= 15 is 0 Å². The van der Waals surface area contributed by atoms with Crippen LogP contribution in [0.4, 0.5) is 0 Å². The molecule has 0 aromatic heterocycles. The first-order valence-electron chi connectivity index (χ1n) is 4.83. The summed E-state index contributed by atoms with van der Waals surface area (Å²) in [5.41, 5.74) is 2.41. The van der Waals surface area contributed by atoms with Crippen molar-refractivity contribution in [1.82, 2.24) is 0 Å². The zero-order valence-electron chi connectivity index (χ0n) is 9.37. The Balaban J connectivity index is 3.21. The number of rotatable bonds is 1. The van der Waals surface area contributed by atoms with Crippen molar-refractivity contribution in [2.24, 2.45) is 5.41 Å². The SMILES string of the molecule is Cc1cc(Br)c(C(Cl)C(C)(C)C)cc1Br. The molecule has 15 heavy (non-hydrogen) atoms. The second kappa shape index (κ2) is 4.77. The van der Waals surface area contributed by atoms with Crippen LogP contribution in [-0.4, -0.2) is 0 Å². The Kier molecular flexibility index (Phi) is 4.30. The van der Waals surface area contributed by atoms with Crippen molar-refractivity contribution in [3.8, 4) is 0 Å². The summed E-state index contributed by atoms with van der Waals surface area (Å²) in [6, 6.07) is 4.20. The molecule has 0 aliphatic carbocycles. The van der Waals surface area contributed by atoms with Crippen LogP contribution in [0.5, 0.6) is 0 Å². The van der Waals surface area contributed by atoms with E-state index in [1.165, 1.54) is 5.56 Å². The van der Waals surface area contributed by atoms with Gasteiger partial charge in [-0.05, 0) is 35.6 Å². The largest absolute Gasteiger partial charge is 0.117 e. The quantitative estimate of drug-likeness (QED) is 0.555. The summed E-state index contributed by atoms with van der Waals surface area (Å²) in [5, 5.41) is 0.00350. The normalized spacial score (nSPS) is 14.1. The molecule has 84 valence electrons. The van der Waals surface area contributed by atoms with Crippen LogP contribution in [0.2, 0.25) is 0 Å². The Morgan fingerprint density at radius 1 is 1.13 bits per heavy atom. The highest BCUT2D eigenvalue weighted by Crippen LogP contribution is 2.42. The van der Waals surface area contributed by atoms with Crippen molar-refractivity contribution < 1.29 is 0 Å². The molecule has 1 aromatic rings. The smallest absolute Gasteiger partial charge is 0.0644 e. The molecule has 1 atom stereocenters. The Labute approximate surface area is 114 Å². The van der Waals surface area contributed by atoms with E-state index in [1.54, 1.807) is 0 Å². The Morgan fingerprint density at radius 3 is 2.13 bits per heavy atom. The van der Waals surface area contributed by atoms with Crippen molar-refractivity contribution >= 4 is 43.5 Å². The van der Waals surface area contributed by atoms with Crippen LogP contribution in [0, 0.1) is 12.3 Å². The molecule has 0 fully saturated rings. The summed E-state index contributed by atoms with van der Waals surface area (Å²) in [7, 11) is 0. The van der Waals surface area contributed by atoms with Crippen LogP contribution >= 0.6 is 43.5 Å². The number of benzene rings is 1. The summed E-state index contributed by atoms with van der Waals surface area (Å²) in [6.45, 7) is 8.50. The van der Waals surface area contributed by atoms with Crippen LogP contribution < -0.4 is 0 Å². The van der Waals surface area contributed by atoms with Gasteiger partial charge in [0.15, 0.2) is 0 Å². The van der Waals surface area contributed by atoms with Gasteiger partial charge in [-0.25, -0.2) is 0 Å². The predicted molar refractivity (Wildman–Crippen MR) is 74.6 cm³/mol. The van der Waals surface area contributed by atoms with Crippen molar-refractivity contribution in [3.05, 3.63) is 32.2 Å². The number of hydrogen-bond acceptors (Lipinski definition) is 0. The van der Waals surface area contributed by atoms with Gasteiger partial charge in [0.2, 0.25) is 0 Å². The van der Waals surface area contributed by atoms with Gasteiger partial charge in [-0.1, -0.05) is 52.6 Å². The van der Waals surface area contributed by atoms with Crippen molar-refractivity contribution in [2.45, 2.75) is 33.1 Å². The molecule has 0 aliphatic heterocycles. The van der Waals surface area contributed by atoms with Gasteiger partial charge < -0.3 is 0 Å². The molecule has 1 rings (SSSR count). The van der Waals surface area contributed by atoms with Crippen LogP contribution in [0.15, 0.2) is 21.1 Å². The van der Waals surface area contributed by atoms with Crippen LogP contribution in [0.1, 0.15) is 37.3 Å². The molecule has 0 N–H and O–H groups in total. The average Bonchev–Trinajstić information content (AvgIpc) is 2.08. The lowest BCUT2D eigenvalue weighted by atomic mass is 9.87. The minimum atomic E-state index is 0.00350. The summed E-state index contributed by atoms with van der Waals surface area (Å²) in [6.07, 6.45) is 0. The molecular formula is C12H15Br2Cl. The predicted octanol–water partition coefficient (Wildman–Crippen LogP) is 5.85. The summed E-state index contributed by atoms with van der Waals surface area (Å²) in [4.78, 5) is 0. The lowest BCUT2D eigenvalue weighted by Crippen LogP contribution is -2.13. The number of alkyl halides is 1. The molecular weight excluding hydrogens is 339 g/mol. The van der Waals surface area contributed by atoms with Gasteiger partial charge in [0.1, 0.15) is 0 Å². The van der Waals surface area contributed by atoms with E-state index in [9.17, 15) is 0 Å². The second-order valence-electron chi connectivity index (χ2n) is 4.85. The van der Waals surface area contributed by atoms with E-state index < -0.39 is 0 Å². The zero-order valence-corrected chi connectivity index (χ0v) is 13.3. The monoisotopic (exact) mass is 352 g/mol. The molecule has 0 radical (unpaired) electrons. The fourth-order valence-corrected chi connectivity index (χ4v) is 2.68. The Bertz CT molecular complexity index is 367. The molecule has 1 aromatic carbocycles. The van der Waals surface area contributed by atoms with Gasteiger partial charge >= 0.3 is 0 Å². The molecule has 0 spiro atoms. The molecule has 0 amide bonds. The molecule has 0 bridgehead atoms. The zero-order chi connectivity index (χ0) is 11.8. The fourth-order valence-electron chi connectivity index (χ4n) is 1.32. The first-order valence-corrected chi connectivity index (χ1v) is 6.85. The maximum atomic E-state index is 6.46. The minimum Gasteiger partial charge on any atom is -0.117 e. The van der Waals surface area contributed by atoms with E-state index in [-0.39, 0.29) is 10.8 Å². The van der Waals surface area contributed by atoms with E-state index in [2.05, 4.69) is 71.7 Å². The first-order chi connectivity index (χ1) is 6.73. The highest BCUT2D eigenvalue weighted by molar-refractivity contribution is 9.11. The molecule has 3 heteroatoms. The van der Waals surface area contributed by atoms with E-state index in [0.717, 1.165) is 14.5 Å². The van der Waals surface area contributed by atoms with Crippen LogP contribution in [0.3, 0.4) is 0 Å². The maximum absolute atomic E-state index is 6.46. The third-order valence-electron chi connectivity index (χ3n) is 2.31. The lowest BCUT2D eigenvalue weighted by molar-refractivity contribution is 0.395. The van der Waals surface area contributed by atoms with Gasteiger partial charge in [0.05, 0.1) is 5.38 Å². The second-order valence-corrected chi connectivity index (χ2v) is 7.00. The third kappa shape index (κ3) is 3.21. The number of aryl methyl sites for hydroxylation is 1. The molecule has 0 heterocycles. The molecule has 0 nitrogen and oxygen atoms in total. The average molecular weight is 355 g/mol. The van der Waals surface area contributed by atoms with Crippen molar-refractivity contribution in [2.75, 3.05) is 0 Å². The Morgan fingerprint density at radius 2 is 1.67 bits per heavy atom. The summed E-state index contributed by atoms with van der Waals surface area (Å²) >= 11 is 13.6. The minimum absolute atomic E-state index is 0.00350. The standard InChI is InChI=1S/C12H15Br2Cl/c1-7-5-10(14)8(6-9(7)13)11(15)12(2,3)4/h5-6,11H,1-4H3. The van der Waals surface area contributed by atoms with Gasteiger partial charge in [0, 0.05) is 8.95 Å². The summed E-state index contributed by atoms with van der Waals surface area (Å²) in [5.74, 6) is 0.